The first-order chi connectivity index (χ1) is 13.9. The molecular formula is C21H24ClN3O4. The number of esters is 1. The summed E-state index contributed by atoms with van der Waals surface area (Å²) in [5.74, 6) is -0.994. The van der Waals surface area contributed by atoms with Crippen molar-refractivity contribution in [3.05, 3.63) is 41.0 Å². The van der Waals surface area contributed by atoms with Crippen molar-refractivity contribution in [2.75, 3.05) is 33.3 Å². The van der Waals surface area contributed by atoms with Crippen LogP contribution in [0.25, 0.3) is 10.9 Å². The molecule has 0 bridgehead atoms. The lowest BCUT2D eigenvalue weighted by molar-refractivity contribution is -0.151. The standard InChI is InChI=1S/C21H24ClN3O4/c1-3-29-21(28)16-5-4-10-25(12-16)19(26)13-24(2)20(27)15-6-8-17-14(11-15)7-9-18(22)23-17/h6-9,11,16H,3-5,10,12-13H2,1-2H3. The number of piperidine rings is 1. The monoisotopic (exact) mass is 417 g/mol. The molecule has 1 aromatic heterocycles. The number of nitrogens with zero attached hydrogens (tertiary/aromatic N) is 3. The zero-order valence-corrected chi connectivity index (χ0v) is 17.3. The smallest absolute Gasteiger partial charge is 0.310 e. The van der Waals surface area contributed by atoms with Crippen LogP contribution < -0.4 is 0 Å². The van der Waals surface area contributed by atoms with Crippen molar-refractivity contribution in [2.24, 2.45) is 5.92 Å². The Kier molecular flexibility index (Phi) is 6.69. The molecule has 1 aromatic carbocycles. The Balaban J connectivity index is 1.63. The van der Waals surface area contributed by atoms with Crippen molar-refractivity contribution in [3.8, 4) is 0 Å². The van der Waals surface area contributed by atoms with Gasteiger partial charge >= 0.3 is 5.97 Å². The van der Waals surface area contributed by atoms with Crippen molar-refractivity contribution in [1.82, 2.24) is 14.8 Å². The van der Waals surface area contributed by atoms with E-state index in [2.05, 4.69) is 4.98 Å². The van der Waals surface area contributed by atoms with Gasteiger partial charge in [-0.3, -0.25) is 14.4 Å². The van der Waals surface area contributed by atoms with Crippen LogP contribution in [-0.4, -0.2) is 65.9 Å². The Morgan fingerprint density at radius 1 is 1.28 bits per heavy atom. The fourth-order valence-corrected chi connectivity index (χ4v) is 3.64. The van der Waals surface area contributed by atoms with Crippen molar-refractivity contribution in [1.29, 1.82) is 0 Å². The molecule has 3 rings (SSSR count). The fourth-order valence-electron chi connectivity index (χ4n) is 3.48. The molecule has 1 atom stereocenters. The van der Waals surface area contributed by atoms with E-state index < -0.39 is 0 Å². The molecule has 2 amide bonds. The van der Waals surface area contributed by atoms with Crippen molar-refractivity contribution in [3.63, 3.8) is 0 Å². The molecule has 0 radical (unpaired) electrons. The first kappa shape index (κ1) is 21.0. The highest BCUT2D eigenvalue weighted by molar-refractivity contribution is 6.29. The van der Waals surface area contributed by atoms with Crippen molar-refractivity contribution < 1.29 is 19.1 Å². The predicted octanol–water partition coefficient (Wildman–Crippen LogP) is 2.76. The number of likely N-dealkylation sites (N-methyl/N-ethyl adjacent to an activating group) is 1. The average Bonchev–Trinajstić information content (AvgIpc) is 2.73. The normalized spacial score (nSPS) is 16.5. The number of amides is 2. The summed E-state index contributed by atoms with van der Waals surface area (Å²) < 4.78 is 5.07. The van der Waals surface area contributed by atoms with Gasteiger partial charge in [0, 0.05) is 31.1 Å². The number of rotatable bonds is 5. The molecule has 2 aromatic rings. The lowest BCUT2D eigenvalue weighted by Gasteiger charge is -2.32. The average molecular weight is 418 g/mol. The molecule has 0 spiro atoms. The fraction of sp³-hybridized carbons (Fsp3) is 0.429. The number of carbonyl (C=O) groups is 3. The number of halogens is 1. The summed E-state index contributed by atoms with van der Waals surface area (Å²) >= 11 is 5.89. The second-order valence-electron chi connectivity index (χ2n) is 7.13. The summed E-state index contributed by atoms with van der Waals surface area (Å²) in [7, 11) is 1.59. The number of benzene rings is 1. The quantitative estimate of drug-likeness (QED) is 0.552. The minimum atomic E-state index is -0.298. The van der Waals surface area contributed by atoms with Gasteiger partial charge in [0.25, 0.3) is 5.91 Å². The van der Waals surface area contributed by atoms with Gasteiger partial charge in [0.15, 0.2) is 0 Å². The van der Waals surface area contributed by atoms with Crippen LogP contribution in [0.4, 0.5) is 0 Å². The third-order valence-corrected chi connectivity index (χ3v) is 5.23. The summed E-state index contributed by atoms with van der Waals surface area (Å²) in [5.41, 5.74) is 1.17. The van der Waals surface area contributed by atoms with Gasteiger partial charge in [0.05, 0.1) is 24.6 Å². The highest BCUT2D eigenvalue weighted by atomic mass is 35.5. The van der Waals surface area contributed by atoms with Crippen LogP contribution in [0.15, 0.2) is 30.3 Å². The summed E-state index contributed by atoms with van der Waals surface area (Å²) in [6, 6.07) is 8.61. The van der Waals surface area contributed by atoms with E-state index in [1.165, 1.54) is 4.90 Å². The van der Waals surface area contributed by atoms with Crippen LogP contribution in [0, 0.1) is 5.92 Å². The molecular weight excluding hydrogens is 394 g/mol. The molecule has 29 heavy (non-hydrogen) atoms. The zero-order valence-electron chi connectivity index (χ0n) is 16.6. The number of fused-ring (bicyclic) bond motifs is 1. The number of pyridine rings is 1. The Morgan fingerprint density at radius 3 is 2.83 bits per heavy atom. The third kappa shape index (κ3) is 5.03. The van der Waals surface area contributed by atoms with E-state index in [9.17, 15) is 14.4 Å². The molecule has 1 aliphatic rings. The molecule has 0 aliphatic carbocycles. The number of carbonyl (C=O) groups excluding carboxylic acids is 3. The first-order valence-corrected chi connectivity index (χ1v) is 10.0. The van der Waals surface area contributed by atoms with E-state index in [4.69, 9.17) is 16.3 Å². The maximum absolute atomic E-state index is 12.8. The second-order valence-corrected chi connectivity index (χ2v) is 7.52. The molecule has 2 heterocycles. The van der Waals surface area contributed by atoms with Crippen molar-refractivity contribution in [2.45, 2.75) is 19.8 Å². The lowest BCUT2D eigenvalue weighted by Crippen LogP contribution is -2.47. The van der Waals surface area contributed by atoms with Crippen LogP contribution in [0.3, 0.4) is 0 Å². The van der Waals surface area contributed by atoms with Crippen LogP contribution >= 0.6 is 11.6 Å². The van der Waals surface area contributed by atoms with E-state index in [0.29, 0.717) is 42.4 Å². The van der Waals surface area contributed by atoms with E-state index in [1.54, 1.807) is 49.2 Å². The summed E-state index contributed by atoms with van der Waals surface area (Å²) in [4.78, 5) is 44.6. The Labute approximate surface area is 174 Å². The van der Waals surface area contributed by atoms with Crippen molar-refractivity contribution >= 4 is 40.3 Å². The topological polar surface area (TPSA) is 79.8 Å². The van der Waals surface area contributed by atoms with Gasteiger partial charge in [0.1, 0.15) is 5.15 Å². The van der Waals surface area contributed by atoms with E-state index in [0.717, 1.165) is 11.8 Å². The molecule has 1 saturated heterocycles. The SMILES string of the molecule is CCOC(=O)C1CCCN(C(=O)CN(C)C(=O)c2ccc3nc(Cl)ccc3c2)C1. The number of hydrogen-bond acceptors (Lipinski definition) is 5. The molecule has 154 valence electrons. The minimum Gasteiger partial charge on any atom is -0.466 e. The van der Waals surface area contributed by atoms with Gasteiger partial charge in [-0.1, -0.05) is 11.6 Å². The molecule has 1 unspecified atom stereocenters. The summed E-state index contributed by atoms with van der Waals surface area (Å²) in [6.45, 7) is 2.96. The Bertz CT molecular complexity index is 933. The van der Waals surface area contributed by atoms with E-state index in [-0.39, 0.29) is 30.2 Å². The molecule has 0 saturated carbocycles. The first-order valence-electron chi connectivity index (χ1n) is 9.65. The van der Waals surface area contributed by atoms with Gasteiger partial charge in [0.2, 0.25) is 5.91 Å². The molecule has 8 heteroatoms. The predicted molar refractivity (Wildman–Crippen MR) is 110 cm³/mol. The number of hydrogen-bond donors (Lipinski definition) is 0. The number of ether oxygens (including phenoxy) is 1. The summed E-state index contributed by atoms with van der Waals surface area (Å²) in [6.07, 6.45) is 1.46. The highest BCUT2D eigenvalue weighted by Crippen LogP contribution is 2.20. The van der Waals surface area contributed by atoms with E-state index in [1.807, 2.05) is 0 Å². The Hall–Kier alpha value is -2.67. The summed E-state index contributed by atoms with van der Waals surface area (Å²) in [5, 5.41) is 1.19. The largest absolute Gasteiger partial charge is 0.466 e. The second kappa shape index (κ2) is 9.22. The molecule has 1 fully saturated rings. The van der Waals surface area contributed by atoms with Gasteiger partial charge in [-0.2, -0.15) is 0 Å². The third-order valence-electron chi connectivity index (χ3n) is 5.02. The van der Waals surface area contributed by atoms with Gasteiger partial charge < -0.3 is 14.5 Å². The van der Waals surface area contributed by atoms with Crippen LogP contribution in [-0.2, 0) is 14.3 Å². The van der Waals surface area contributed by atoms with Crippen LogP contribution in [0.2, 0.25) is 5.15 Å². The van der Waals surface area contributed by atoms with Gasteiger partial charge in [-0.05, 0) is 50.1 Å². The van der Waals surface area contributed by atoms with Crippen LogP contribution in [0.5, 0.6) is 0 Å². The molecule has 0 N–H and O–H groups in total. The zero-order chi connectivity index (χ0) is 21.0. The van der Waals surface area contributed by atoms with Crippen LogP contribution in [0.1, 0.15) is 30.1 Å². The van der Waals surface area contributed by atoms with Gasteiger partial charge in [-0.15, -0.1) is 0 Å². The molecule has 1 aliphatic heterocycles. The van der Waals surface area contributed by atoms with E-state index >= 15 is 0 Å². The lowest BCUT2D eigenvalue weighted by atomic mass is 9.98. The van der Waals surface area contributed by atoms with Gasteiger partial charge in [-0.25, -0.2) is 4.98 Å². The number of likely N-dealkylation sites (tertiary alicyclic amines) is 1. The maximum Gasteiger partial charge on any atom is 0.310 e. The Morgan fingerprint density at radius 2 is 2.07 bits per heavy atom. The number of aromatic nitrogens is 1. The highest BCUT2D eigenvalue weighted by Gasteiger charge is 2.30. The molecule has 7 nitrogen and oxygen atoms in total. The maximum atomic E-state index is 12.8. The minimum absolute atomic E-state index is 0.0503.